The molecule has 88 valence electrons. The highest BCUT2D eigenvalue weighted by Gasteiger charge is 2.07. The molecule has 0 atom stereocenters. The average Bonchev–Trinajstić information content (AvgIpc) is 2.25. The molecule has 0 unspecified atom stereocenters. The number of carboxylic acid groups (broad SMARTS) is 1. The van der Waals surface area contributed by atoms with Crippen molar-refractivity contribution in [3.05, 3.63) is 28.2 Å². The van der Waals surface area contributed by atoms with E-state index in [4.69, 9.17) is 11.5 Å². The van der Waals surface area contributed by atoms with Crippen molar-refractivity contribution in [1.82, 2.24) is 5.32 Å². The third-order valence-electron chi connectivity index (χ3n) is 1.75. The molecule has 17 heavy (non-hydrogen) atoms. The molecule has 0 spiro atoms. The second-order valence-corrected chi connectivity index (χ2v) is 3.96. The van der Waals surface area contributed by atoms with E-state index >= 15 is 0 Å². The van der Waals surface area contributed by atoms with Gasteiger partial charge in [0.15, 0.2) is 0 Å². The van der Waals surface area contributed by atoms with Crippen molar-refractivity contribution >= 4 is 33.6 Å². The van der Waals surface area contributed by atoms with Gasteiger partial charge >= 0.3 is 12.0 Å². The van der Waals surface area contributed by atoms with Gasteiger partial charge in [-0.15, -0.1) is 6.42 Å². The zero-order valence-corrected chi connectivity index (χ0v) is 10.2. The van der Waals surface area contributed by atoms with Crippen molar-refractivity contribution in [2.75, 3.05) is 11.9 Å². The largest absolute Gasteiger partial charge is 0.478 e. The molecule has 0 bridgehead atoms. The molecule has 0 aliphatic carbocycles. The van der Waals surface area contributed by atoms with Gasteiger partial charge in [-0.25, -0.2) is 9.59 Å². The fraction of sp³-hybridized carbons (Fsp3) is 0.0909. The average molecular weight is 297 g/mol. The van der Waals surface area contributed by atoms with Crippen molar-refractivity contribution in [3.8, 4) is 12.3 Å². The summed E-state index contributed by atoms with van der Waals surface area (Å²) < 4.78 is 0.560. The Hall–Kier alpha value is -2.00. The fourth-order valence-corrected chi connectivity index (χ4v) is 1.59. The Morgan fingerprint density at radius 3 is 2.71 bits per heavy atom. The summed E-state index contributed by atoms with van der Waals surface area (Å²) in [6.07, 6.45) is 4.98. The van der Waals surface area contributed by atoms with E-state index < -0.39 is 12.0 Å². The molecule has 0 fully saturated rings. The lowest BCUT2D eigenvalue weighted by Gasteiger charge is -2.07. The van der Waals surface area contributed by atoms with Crippen molar-refractivity contribution in [2.24, 2.45) is 0 Å². The van der Waals surface area contributed by atoms with Gasteiger partial charge < -0.3 is 15.7 Å². The van der Waals surface area contributed by atoms with Gasteiger partial charge in [-0.05, 0) is 18.2 Å². The maximum Gasteiger partial charge on any atom is 0.335 e. The smallest absolute Gasteiger partial charge is 0.335 e. The molecule has 0 saturated carbocycles. The molecule has 0 radical (unpaired) electrons. The molecular formula is C11H9BrN2O3. The van der Waals surface area contributed by atoms with Gasteiger partial charge in [-0.2, -0.15) is 0 Å². The zero-order valence-electron chi connectivity index (χ0n) is 8.66. The topological polar surface area (TPSA) is 78.4 Å². The molecule has 0 aliphatic heterocycles. The molecule has 2 amide bonds. The molecule has 0 aromatic heterocycles. The standard InChI is InChI=1S/C11H9BrN2O3/c1-2-3-13-11(17)14-9-5-7(10(15)16)4-8(12)6-9/h1,4-6H,3H2,(H,15,16)(H2,13,14,17). The number of anilines is 1. The predicted molar refractivity (Wildman–Crippen MR) is 67.0 cm³/mol. The molecule has 1 aromatic rings. The van der Waals surface area contributed by atoms with E-state index in [9.17, 15) is 9.59 Å². The number of urea groups is 1. The first-order valence-corrected chi connectivity index (χ1v) is 5.34. The maximum atomic E-state index is 11.3. The van der Waals surface area contributed by atoms with Crippen LogP contribution in [0.2, 0.25) is 0 Å². The van der Waals surface area contributed by atoms with Crippen LogP contribution >= 0.6 is 15.9 Å². The Labute approximate surface area is 106 Å². The van der Waals surface area contributed by atoms with E-state index in [-0.39, 0.29) is 12.1 Å². The van der Waals surface area contributed by atoms with Crippen LogP contribution in [0.3, 0.4) is 0 Å². The van der Waals surface area contributed by atoms with Crippen LogP contribution in [0.5, 0.6) is 0 Å². The van der Waals surface area contributed by atoms with Gasteiger partial charge in [0.25, 0.3) is 0 Å². The first-order valence-electron chi connectivity index (χ1n) is 4.55. The Balaban J connectivity index is 2.81. The van der Waals surface area contributed by atoms with Crippen LogP contribution < -0.4 is 10.6 Å². The molecule has 3 N–H and O–H groups in total. The maximum absolute atomic E-state index is 11.3. The minimum absolute atomic E-state index is 0.0756. The van der Waals surface area contributed by atoms with Crippen molar-refractivity contribution in [1.29, 1.82) is 0 Å². The highest BCUT2D eigenvalue weighted by atomic mass is 79.9. The van der Waals surface area contributed by atoms with Gasteiger partial charge in [-0.1, -0.05) is 21.9 Å². The zero-order chi connectivity index (χ0) is 12.8. The van der Waals surface area contributed by atoms with E-state index in [1.165, 1.54) is 12.1 Å². The van der Waals surface area contributed by atoms with Gasteiger partial charge in [0.2, 0.25) is 0 Å². The van der Waals surface area contributed by atoms with Gasteiger partial charge in [0, 0.05) is 10.2 Å². The second kappa shape index (κ2) is 5.92. The van der Waals surface area contributed by atoms with Crippen LogP contribution in [0, 0.1) is 12.3 Å². The Morgan fingerprint density at radius 2 is 2.12 bits per heavy atom. The third kappa shape index (κ3) is 4.17. The van der Waals surface area contributed by atoms with Gasteiger partial charge in [0.1, 0.15) is 0 Å². The molecule has 1 rings (SSSR count). The minimum atomic E-state index is -1.07. The number of hydrogen-bond acceptors (Lipinski definition) is 2. The quantitative estimate of drug-likeness (QED) is 0.746. The molecule has 6 heteroatoms. The summed E-state index contributed by atoms with van der Waals surface area (Å²) >= 11 is 3.16. The number of halogens is 1. The van der Waals surface area contributed by atoms with Crippen LogP contribution in [-0.2, 0) is 0 Å². The first kappa shape index (κ1) is 13.1. The summed E-state index contributed by atoms with van der Waals surface area (Å²) in [5.41, 5.74) is 0.443. The molecule has 0 heterocycles. The van der Waals surface area contributed by atoms with Crippen LogP contribution in [-0.4, -0.2) is 23.7 Å². The number of amides is 2. The van der Waals surface area contributed by atoms with Crippen molar-refractivity contribution in [2.45, 2.75) is 0 Å². The predicted octanol–water partition coefficient (Wildman–Crippen LogP) is 1.90. The van der Waals surface area contributed by atoms with Crippen LogP contribution in [0.15, 0.2) is 22.7 Å². The summed E-state index contributed by atoms with van der Waals surface area (Å²) in [7, 11) is 0. The van der Waals surface area contributed by atoms with Crippen LogP contribution in [0.4, 0.5) is 10.5 Å². The molecule has 0 saturated heterocycles. The summed E-state index contributed by atoms with van der Waals surface area (Å²) in [6, 6.07) is 3.88. The van der Waals surface area contributed by atoms with Crippen molar-refractivity contribution in [3.63, 3.8) is 0 Å². The third-order valence-corrected chi connectivity index (χ3v) is 2.21. The minimum Gasteiger partial charge on any atom is -0.478 e. The Morgan fingerprint density at radius 1 is 1.41 bits per heavy atom. The highest BCUT2D eigenvalue weighted by Crippen LogP contribution is 2.19. The van der Waals surface area contributed by atoms with Crippen LogP contribution in [0.1, 0.15) is 10.4 Å². The lowest BCUT2D eigenvalue weighted by atomic mass is 10.2. The fourth-order valence-electron chi connectivity index (χ4n) is 1.09. The Bertz CT molecular complexity index is 494. The van der Waals surface area contributed by atoms with E-state index in [2.05, 4.69) is 32.5 Å². The number of benzene rings is 1. The SMILES string of the molecule is C#CCNC(=O)Nc1cc(Br)cc(C(=O)O)c1. The summed E-state index contributed by atoms with van der Waals surface area (Å²) in [5.74, 6) is 1.18. The van der Waals surface area contributed by atoms with Crippen LogP contribution in [0.25, 0.3) is 0 Å². The lowest BCUT2D eigenvalue weighted by molar-refractivity contribution is 0.0697. The van der Waals surface area contributed by atoms with Crippen molar-refractivity contribution < 1.29 is 14.7 Å². The lowest BCUT2D eigenvalue weighted by Crippen LogP contribution is -2.28. The summed E-state index contributed by atoms with van der Waals surface area (Å²) in [4.78, 5) is 22.1. The Kier molecular flexibility index (Phi) is 4.55. The number of nitrogens with one attached hydrogen (secondary N) is 2. The molecule has 5 nitrogen and oxygen atoms in total. The monoisotopic (exact) mass is 296 g/mol. The molecule has 1 aromatic carbocycles. The van der Waals surface area contributed by atoms with E-state index in [1.807, 2.05) is 0 Å². The molecular weight excluding hydrogens is 288 g/mol. The first-order chi connectivity index (χ1) is 8.02. The second-order valence-electron chi connectivity index (χ2n) is 3.05. The normalized spacial score (nSPS) is 9.18. The number of carbonyl (C=O) groups excluding carboxylic acids is 1. The number of terminal acetylenes is 1. The number of carbonyl (C=O) groups is 2. The van der Waals surface area contributed by atoms with E-state index in [0.29, 0.717) is 10.2 Å². The highest BCUT2D eigenvalue weighted by molar-refractivity contribution is 9.10. The van der Waals surface area contributed by atoms with E-state index in [1.54, 1.807) is 6.07 Å². The van der Waals surface area contributed by atoms with Gasteiger partial charge in [-0.3, -0.25) is 0 Å². The van der Waals surface area contributed by atoms with E-state index in [0.717, 1.165) is 0 Å². The number of rotatable bonds is 3. The summed E-state index contributed by atoms with van der Waals surface area (Å²) in [5, 5.41) is 13.7. The number of hydrogen-bond donors (Lipinski definition) is 3. The molecule has 0 aliphatic rings. The number of aromatic carboxylic acids is 1. The summed E-state index contributed by atoms with van der Waals surface area (Å²) in [6.45, 7) is 0.103. The van der Waals surface area contributed by atoms with Gasteiger partial charge in [0.05, 0.1) is 12.1 Å². The number of carboxylic acids is 1.